The number of carbonyl (C=O) groups is 1. The van der Waals surface area contributed by atoms with Crippen LogP contribution in [-0.2, 0) is 20.5 Å². The van der Waals surface area contributed by atoms with E-state index in [4.69, 9.17) is 4.74 Å². The largest absolute Gasteiger partial charge is 0.379 e. The van der Waals surface area contributed by atoms with Gasteiger partial charge in [0, 0.05) is 17.0 Å². The van der Waals surface area contributed by atoms with Crippen LogP contribution in [0, 0.1) is 0 Å². The van der Waals surface area contributed by atoms with E-state index in [-0.39, 0.29) is 3.79 Å². The van der Waals surface area contributed by atoms with Gasteiger partial charge in [-0.25, -0.2) is 4.68 Å². The molecule has 84 valence electrons. The van der Waals surface area contributed by atoms with E-state index >= 15 is 0 Å². The van der Waals surface area contributed by atoms with Gasteiger partial charge in [-0.1, -0.05) is 27.8 Å². The fraction of sp³-hybridized carbons (Fsp3) is 0.625. The number of nitrogens with zero attached hydrogens (tertiary/aromatic N) is 3. The predicted octanol–water partition coefficient (Wildman–Crippen LogP) is 1.58. The second-order valence-electron chi connectivity index (χ2n) is 2.82. The molecule has 5 nitrogen and oxygen atoms in total. The molecule has 0 aliphatic rings. The van der Waals surface area contributed by atoms with Gasteiger partial charge < -0.3 is 4.74 Å². The molecule has 0 aromatic carbocycles. The second kappa shape index (κ2) is 7.49. The Balaban J connectivity index is 2.12. The van der Waals surface area contributed by atoms with E-state index in [1.165, 1.54) is 0 Å². The van der Waals surface area contributed by atoms with Gasteiger partial charge in [0.1, 0.15) is 0 Å². The Morgan fingerprint density at radius 3 is 2.93 bits per heavy atom. The van der Waals surface area contributed by atoms with Gasteiger partial charge in [0.15, 0.2) is 3.79 Å². The Labute approximate surface area is 115 Å². The summed E-state index contributed by atoms with van der Waals surface area (Å²) in [4.78, 5) is 10.6. The van der Waals surface area contributed by atoms with Crippen LogP contribution in [0.1, 0.15) is 12.1 Å². The lowest BCUT2D eigenvalue weighted by Gasteiger charge is -2.01. The Hall–Kier alpha value is 0.230. The fourth-order valence-electron chi connectivity index (χ4n) is 0.922. The molecule has 15 heavy (non-hydrogen) atoms. The van der Waals surface area contributed by atoms with Crippen molar-refractivity contribution in [1.29, 1.82) is 0 Å². The zero-order valence-corrected chi connectivity index (χ0v) is 12.3. The van der Waals surface area contributed by atoms with Gasteiger partial charge in [-0.15, -0.1) is 5.10 Å². The van der Waals surface area contributed by atoms with Crippen molar-refractivity contribution in [3.63, 3.8) is 0 Å². The van der Waals surface area contributed by atoms with Crippen LogP contribution in [0.4, 0.5) is 0 Å². The summed E-state index contributed by atoms with van der Waals surface area (Å²) in [5.41, 5.74) is 0.970. The molecule has 0 radical (unpaired) electrons. The van der Waals surface area contributed by atoms with E-state index in [1.807, 2.05) is 6.20 Å². The summed E-state index contributed by atoms with van der Waals surface area (Å²) < 4.78 is 8.01. The van der Waals surface area contributed by atoms with Crippen molar-refractivity contribution >= 4 is 49.0 Å². The van der Waals surface area contributed by atoms with Crippen LogP contribution < -0.4 is 0 Å². The minimum absolute atomic E-state index is 0.126. The number of carbonyl (C=O) groups excluding carboxylic acids is 1. The monoisotopic (exact) mass is 435 g/mol. The Kier molecular flexibility index (Phi) is 6.64. The third-order valence-corrected chi connectivity index (χ3v) is 2.95. The molecule has 0 saturated carbocycles. The standard InChI is InChI=1S/C8H11I2N3O2/c9-5-7-6-13(12-11-7)2-4-15-3-1-8(10)14/h6H,1-5H2. The number of rotatable bonds is 7. The first kappa shape index (κ1) is 13.3. The lowest BCUT2D eigenvalue weighted by Crippen LogP contribution is -2.08. The van der Waals surface area contributed by atoms with Crippen LogP contribution in [0.25, 0.3) is 0 Å². The molecular formula is C8H11I2N3O2. The zero-order chi connectivity index (χ0) is 11.1. The van der Waals surface area contributed by atoms with Crippen molar-refractivity contribution in [3.05, 3.63) is 11.9 Å². The summed E-state index contributed by atoms with van der Waals surface area (Å²) in [7, 11) is 0. The smallest absolute Gasteiger partial charge is 0.194 e. The number of ether oxygens (including phenoxy) is 1. The lowest BCUT2D eigenvalue weighted by atomic mass is 10.5. The number of halogens is 2. The van der Waals surface area contributed by atoms with Crippen molar-refractivity contribution in [1.82, 2.24) is 15.0 Å². The van der Waals surface area contributed by atoms with Crippen molar-refractivity contribution in [2.24, 2.45) is 0 Å². The molecule has 0 amide bonds. The molecule has 0 saturated heterocycles. The molecule has 0 spiro atoms. The van der Waals surface area contributed by atoms with Crippen molar-refractivity contribution < 1.29 is 9.53 Å². The number of hydrogen-bond acceptors (Lipinski definition) is 4. The second-order valence-corrected chi connectivity index (χ2v) is 4.79. The molecule has 1 heterocycles. The highest BCUT2D eigenvalue weighted by Crippen LogP contribution is 2.00. The molecule has 0 N–H and O–H groups in total. The molecule has 0 aliphatic carbocycles. The van der Waals surface area contributed by atoms with Gasteiger partial charge in [-0.05, 0) is 22.6 Å². The first-order chi connectivity index (χ1) is 7.22. The van der Waals surface area contributed by atoms with Crippen LogP contribution in [0.2, 0.25) is 0 Å². The van der Waals surface area contributed by atoms with Gasteiger partial charge in [0.2, 0.25) is 0 Å². The Morgan fingerprint density at radius 2 is 2.33 bits per heavy atom. The molecule has 1 aromatic heterocycles. The van der Waals surface area contributed by atoms with E-state index in [0.29, 0.717) is 26.2 Å². The molecule has 0 atom stereocenters. The molecule has 0 unspecified atom stereocenters. The third kappa shape index (κ3) is 5.76. The number of hydrogen-bond donors (Lipinski definition) is 0. The number of aromatic nitrogens is 3. The number of alkyl halides is 1. The first-order valence-electron chi connectivity index (χ1n) is 4.43. The average Bonchev–Trinajstić information content (AvgIpc) is 2.65. The highest BCUT2D eigenvalue weighted by atomic mass is 127. The van der Waals surface area contributed by atoms with Crippen LogP contribution in [-0.4, -0.2) is 32.0 Å². The van der Waals surface area contributed by atoms with Gasteiger partial charge >= 0.3 is 0 Å². The quantitative estimate of drug-likeness (QED) is 0.283. The maximum absolute atomic E-state index is 10.6. The maximum atomic E-state index is 10.6. The summed E-state index contributed by atoms with van der Waals surface area (Å²) in [6, 6.07) is 0. The molecule has 0 fully saturated rings. The molecule has 0 bridgehead atoms. The maximum Gasteiger partial charge on any atom is 0.194 e. The zero-order valence-electron chi connectivity index (χ0n) is 8.03. The van der Waals surface area contributed by atoms with Gasteiger partial charge in [0.05, 0.1) is 25.5 Å². The SMILES string of the molecule is O=C(I)CCOCCn1cc(CI)nn1. The Morgan fingerprint density at radius 1 is 1.53 bits per heavy atom. The van der Waals surface area contributed by atoms with Gasteiger partial charge in [-0.2, -0.15) is 0 Å². The van der Waals surface area contributed by atoms with E-state index in [1.54, 1.807) is 27.3 Å². The third-order valence-electron chi connectivity index (χ3n) is 1.63. The topological polar surface area (TPSA) is 57.0 Å². The van der Waals surface area contributed by atoms with Crippen LogP contribution >= 0.6 is 45.2 Å². The van der Waals surface area contributed by atoms with E-state index in [0.717, 1.165) is 10.1 Å². The summed E-state index contributed by atoms with van der Waals surface area (Å²) >= 11 is 4.01. The highest BCUT2D eigenvalue weighted by Gasteiger charge is 1.99. The molecule has 1 aromatic rings. The van der Waals surface area contributed by atoms with Gasteiger partial charge in [0.25, 0.3) is 0 Å². The Bertz CT molecular complexity index is 317. The summed E-state index contributed by atoms with van der Waals surface area (Å²) in [6.07, 6.45) is 2.37. The van der Waals surface area contributed by atoms with Crippen molar-refractivity contribution in [2.45, 2.75) is 17.4 Å². The minimum Gasteiger partial charge on any atom is -0.379 e. The summed E-state index contributed by atoms with van der Waals surface area (Å²) in [5.74, 6) is 0. The summed E-state index contributed by atoms with van der Waals surface area (Å²) in [5, 5.41) is 7.89. The summed E-state index contributed by atoms with van der Waals surface area (Å²) in [6.45, 7) is 1.72. The molecule has 0 aliphatic heterocycles. The van der Waals surface area contributed by atoms with Crippen LogP contribution in [0.3, 0.4) is 0 Å². The molecule has 7 heteroatoms. The molecular weight excluding hydrogens is 424 g/mol. The van der Waals surface area contributed by atoms with E-state index in [9.17, 15) is 4.79 Å². The lowest BCUT2D eigenvalue weighted by molar-refractivity contribution is -0.110. The van der Waals surface area contributed by atoms with E-state index < -0.39 is 0 Å². The van der Waals surface area contributed by atoms with Crippen LogP contribution in [0.15, 0.2) is 6.20 Å². The minimum atomic E-state index is 0.126. The predicted molar refractivity (Wildman–Crippen MR) is 72.2 cm³/mol. The van der Waals surface area contributed by atoms with Crippen molar-refractivity contribution in [3.8, 4) is 0 Å². The van der Waals surface area contributed by atoms with Crippen molar-refractivity contribution in [2.75, 3.05) is 13.2 Å². The highest BCUT2D eigenvalue weighted by molar-refractivity contribution is 14.1. The first-order valence-corrected chi connectivity index (χ1v) is 7.04. The average molecular weight is 435 g/mol. The van der Waals surface area contributed by atoms with Crippen LogP contribution in [0.5, 0.6) is 0 Å². The van der Waals surface area contributed by atoms with E-state index in [2.05, 4.69) is 32.9 Å². The van der Waals surface area contributed by atoms with Gasteiger partial charge in [-0.3, -0.25) is 4.79 Å². The fourth-order valence-corrected chi connectivity index (χ4v) is 1.49. The molecule has 1 rings (SSSR count). The normalized spacial score (nSPS) is 10.5.